The Labute approximate surface area is 132 Å². The summed E-state index contributed by atoms with van der Waals surface area (Å²) in [5, 5.41) is 3.66. The van der Waals surface area contributed by atoms with E-state index < -0.39 is 0 Å². The van der Waals surface area contributed by atoms with E-state index in [2.05, 4.69) is 24.1 Å². The number of hydrogen-bond donors (Lipinski definition) is 1. The maximum absolute atomic E-state index is 5.17. The second kappa shape index (κ2) is 11.4. The van der Waals surface area contributed by atoms with Gasteiger partial charge >= 0.3 is 0 Å². The van der Waals surface area contributed by atoms with Crippen LogP contribution in [-0.4, -0.2) is 51.3 Å². The first kappa shape index (κ1) is 18.9. The van der Waals surface area contributed by atoms with Crippen LogP contribution in [0.4, 0.5) is 0 Å². The number of nitrogens with zero attached hydrogens (tertiary/aromatic N) is 1. The molecule has 1 aliphatic carbocycles. The summed E-state index contributed by atoms with van der Waals surface area (Å²) in [6.45, 7) is 11.4. The highest BCUT2D eigenvalue weighted by Crippen LogP contribution is 2.35. The van der Waals surface area contributed by atoms with Gasteiger partial charge in [0, 0.05) is 26.7 Å². The van der Waals surface area contributed by atoms with Crippen molar-refractivity contribution in [3.05, 3.63) is 0 Å². The van der Waals surface area contributed by atoms with Crippen LogP contribution in [0, 0.1) is 5.41 Å². The molecule has 0 spiro atoms. The van der Waals surface area contributed by atoms with Crippen LogP contribution < -0.4 is 5.32 Å². The Morgan fingerprint density at radius 1 is 1.00 bits per heavy atom. The van der Waals surface area contributed by atoms with E-state index in [0.29, 0.717) is 5.41 Å². The highest BCUT2D eigenvalue weighted by Gasteiger charge is 2.32. The van der Waals surface area contributed by atoms with E-state index in [1.54, 1.807) is 7.11 Å². The fourth-order valence-corrected chi connectivity index (χ4v) is 3.77. The summed E-state index contributed by atoms with van der Waals surface area (Å²) in [5.41, 5.74) is 0.495. The molecule has 0 atom stereocenters. The summed E-state index contributed by atoms with van der Waals surface area (Å²) in [6, 6.07) is 0. The van der Waals surface area contributed by atoms with Crippen molar-refractivity contribution in [2.24, 2.45) is 5.41 Å². The lowest BCUT2D eigenvalue weighted by molar-refractivity contribution is 0.121. The van der Waals surface area contributed by atoms with Gasteiger partial charge < -0.3 is 15.0 Å². The molecule has 1 rings (SSSR count). The van der Waals surface area contributed by atoms with Gasteiger partial charge in [0.15, 0.2) is 0 Å². The Morgan fingerprint density at radius 3 is 2.14 bits per heavy atom. The third-order valence-electron chi connectivity index (χ3n) is 4.79. The maximum atomic E-state index is 5.17. The average molecular weight is 299 g/mol. The molecule has 0 saturated heterocycles. The summed E-state index contributed by atoms with van der Waals surface area (Å²) < 4.78 is 5.17. The molecule has 0 amide bonds. The molecule has 0 aromatic rings. The first-order valence-electron chi connectivity index (χ1n) is 9.18. The predicted octanol–water partition coefficient (Wildman–Crippen LogP) is 3.69. The lowest BCUT2D eigenvalue weighted by Gasteiger charge is -2.38. The van der Waals surface area contributed by atoms with Gasteiger partial charge in [0.05, 0.1) is 6.61 Å². The lowest BCUT2D eigenvalue weighted by Crippen LogP contribution is -2.45. The summed E-state index contributed by atoms with van der Waals surface area (Å²) >= 11 is 0. The van der Waals surface area contributed by atoms with Crippen LogP contribution in [0.2, 0.25) is 0 Å². The topological polar surface area (TPSA) is 24.5 Å². The standard InChI is InChI=1S/C18H38N2O/c1-4-13-20(14-5-2)17-18(16-19-12-15-21-3)10-8-6-7-9-11-18/h19H,4-17H2,1-3H3. The second-order valence-corrected chi connectivity index (χ2v) is 6.86. The zero-order valence-corrected chi connectivity index (χ0v) is 14.8. The van der Waals surface area contributed by atoms with Crippen molar-refractivity contribution < 1.29 is 4.74 Å². The fraction of sp³-hybridized carbons (Fsp3) is 1.00. The Kier molecular flexibility index (Phi) is 10.3. The average Bonchev–Trinajstić information content (AvgIpc) is 2.70. The van der Waals surface area contributed by atoms with Gasteiger partial charge in [-0.2, -0.15) is 0 Å². The monoisotopic (exact) mass is 298 g/mol. The minimum absolute atomic E-state index is 0.495. The van der Waals surface area contributed by atoms with Gasteiger partial charge in [-0.15, -0.1) is 0 Å². The molecule has 0 heterocycles. The number of methoxy groups -OCH3 is 1. The second-order valence-electron chi connectivity index (χ2n) is 6.86. The third kappa shape index (κ3) is 7.62. The third-order valence-corrected chi connectivity index (χ3v) is 4.79. The van der Waals surface area contributed by atoms with Crippen LogP contribution in [-0.2, 0) is 4.74 Å². The van der Waals surface area contributed by atoms with Crippen molar-refractivity contribution in [2.45, 2.75) is 65.2 Å². The summed E-state index contributed by atoms with van der Waals surface area (Å²) in [4.78, 5) is 2.71. The minimum atomic E-state index is 0.495. The van der Waals surface area contributed by atoms with Crippen LogP contribution in [0.1, 0.15) is 65.2 Å². The Hall–Kier alpha value is -0.120. The first-order chi connectivity index (χ1) is 10.3. The molecule has 3 heteroatoms. The van der Waals surface area contributed by atoms with Crippen molar-refractivity contribution in [3.8, 4) is 0 Å². The molecule has 1 fully saturated rings. The number of nitrogens with one attached hydrogen (secondary N) is 1. The van der Waals surface area contributed by atoms with Gasteiger partial charge in [-0.1, -0.05) is 39.5 Å². The molecule has 0 bridgehead atoms. The van der Waals surface area contributed by atoms with E-state index in [-0.39, 0.29) is 0 Å². The van der Waals surface area contributed by atoms with Crippen LogP contribution >= 0.6 is 0 Å². The van der Waals surface area contributed by atoms with Crippen molar-refractivity contribution in [3.63, 3.8) is 0 Å². The molecule has 3 nitrogen and oxygen atoms in total. The molecule has 0 aromatic heterocycles. The van der Waals surface area contributed by atoms with Crippen molar-refractivity contribution in [2.75, 3.05) is 46.4 Å². The quantitative estimate of drug-likeness (QED) is 0.465. The zero-order chi connectivity index (χ0) is 15.4. The van der Waals surface area contributed by atoms with Crippen LogP contribution in [0.3, 0.4) is 0 Å². The minimum Gasteiger partial charge on any atom is -0.383 e. The fourth-order valence-electron chi connectivity index (χ4n) is 3.77. The van der Waals surface area contributed by atoms with Crippen molar-refractivity contribution in [1.29, 1.82) is 0 Å². The van der Waals surface area contributed by atoms with Crippen LogP contribution in [0.25, 0.3) is 0 Å². The molecule has 1 saturated carbocycles. The molecular formula is C18H38N2O. The van der Waals surface area contributed by atoms with E-state index in [9.17, 15) is 0 Å². The highest BCUT2D eigenvalue weighted by molar-refractivity contribution is 4.87. The molecule has 0 aliphatic heterocycles. The Morgan fingerprint density at radius 2 is 1.62 bits per heavy atom. The van der Waals surface area contributed by atoms with E-state index in [0.717, 1.165) is 13.2 Å². The number of hydrogen-bond acceptors (Lipinski definition) is 3. The molecule has 0 radical (unpaired) electrons. The van der Waals surface area contributed by atoms with Crippen LogP contribution in [0.5, 0.6) is 0 Å². The SMILES string of the molecule is CCCN(CCC)CC1(CNCCOC)CCCCCC1. The van der Waals surface area contributed by atoms with E-state index in [4.69, 9.17) is 4.74 Å². The van der Waals surface area contributed by atoms with E-state index >= 15 is 0 Å². The molecular weight excluding hydrogens is 260 g/mol. The number of rotatable bonds is 11. The summed E-state index contributed by atoms with van der Waals surface area (Å²) in [5.74, 6) is 0. The molecule has 1 N–H and O–H groups in total. The van der Waals surface area contributed by atoms with Gasteiger partial charge in [0.25, 0.3) is 0 Å². The van der Waals surface area contributed by atoms with Gasteiger partial charge in [0.1, 0.15) is 0 Å². The van der Waals surface area contributed by atoms with Crippen LogP contribution in [0.15, 0.2) is 0 Å². The molecule has 126 valence electrons. The van der Waals surface area contributed by atoms with Gasteiger partial charge in [-0.05, 0) is 44.2 Å². The largest absolute Gasteiger partial charge is 0.383 e. The lowest BCUT2D eigenvalue weighted by atomic mass is 9.79. The van der Waals surface area contributed by atoms with Gasteiger partial charge in [0.2, 0.25) is 0 Å². The molecule has 0 unspecified atom stereocenters. The van der Waals surface area contributed by atoms with Crippen molar-refractivity contribution >= 4 is 0 Å². The van der Waals surface area contributed by atoms with Gasteiger partial charge in [-0.25, -0.2) is 0 Å². The van der Waals surface area contributed by atoms with E-state index in [1.165, 1.54) is 77.5 Å². The maximum Gasteiger partial charge on any atom is 0.0587 e. The number of ether oxygens (including phenoxy) is 1. The zero-order valence-electron chi connectivity index (χ0n) is 14.8. The van der Waals surface area contributed by atoms with E-state index in [1.807, 2.05) is 0 Å². The Bertz CT molecular complexity index is 231. The van der Waals surface area contributed by atoms with Gasteiger partial charge in [-0.3, -0.25) is 0 Å². The smallest absolute Gasteiger partial charge is 0.0587 e. The molecule has 21 heavy (non-hydrogen) atoms. The summed E-state index contributed by atoms with van der Waals surface area (Å²) in [7, 11) is 1.79. The molecule has 0 aromatic carbocycles. The van der Waals surface area contributed by atoms with Crippen molar-refractivity contribution in [1.82, 2.24) is 10.2 Å². The Balaban J connectivity index is 2.59. The predicted molar refractivity (Wildman–Crippen MR) is 91.9 cm³/mol. The first-order valence-corrected chi connectivity index (χ1v) is 9.18. The highest BCUT2D eigenvalue weighted by atomic mass is 16.5. The summed E-state index contributed by atoms with van der Waals surface area (Å²) in [6.07, 6.45) is 11.0. The molecule has 1 aliphatic rings. The normalized spacial score (nSPS) is 18.9.